The maximum atomic E-state index is 5.90. The van der Waals surface area contributed by atoms with Crippen LogP contribution in [0.25, 0.3) is 0 Å². The molecule has 98 valence electrons. The van der Waals surface area contributed by atoms with Crippen LogP contribution in [-0.4, -0.2) is 23.1 Å². The summed E-state index contributed by atoms with van der Waals surface area (Å²) >= 11 is 2.05. The topological polar surface area (TPSA) is 21.3 Å². The molecule has 1 aromatic rings. The van der Waals surface area contributed by atoms with Gasteiger partial charge in [-0.15, -0.1) is 0 Å². The number of rotatable bonds is 3. The summed E-state index contributed by atoms with van der Waals surface area (Å²) in [6, 6.07) is 7.33. The van der Waals surface area contributed by atoms with Crippen molar-refractivity contribution >= 4 is 11.8 Å². The third kappa shape index (κ3) is 2.67. The zero-order chi connectivity index (χ0) is 12.6. The van der Waals surface area contributed by atoms with Gasteiger partial charge in [0.1, 0.15) is 11.4 Å². The van der Waals surface area contributed by atoms with E-state index >= 15 is 0 Å². The Labute approximate surface area is 113 Å². The van der Waals surface area contributed by atoms with Gasteiger partial charge in [-0.05, 0) is 43.2 Å². The molecule has 2 aliphatic heterocycles. The predicted octanol–water partition coefficient (Wildman–Crippen LogP) is 3.00. The molecule has 1 saturated heterocycles. The predicted molar refractivity (Wildman–Crippen MR) is 77.4 cm³/mol. The number of thioether (sulfide) groups is 1. The van der Waals surface area contributed by atoms with Crippen molar-refractivity contribution in [3.8, 4) is 5.75 Å². The molecule has 1 atom stereocenters. The van der Waals surface area contributed by atoms with Gasteiger partial charge in [0.05, 0.1) is 0 Å². The van der Waals surface area contributed by atoms with Gasteiger partial charge in [0.25, 0.3) is 0 Å². The van der Waals surface area contributed by atoms with Crippen LogP contribution >= 0.6 is 11.8 Å². The lowest BCUT2D eigenvalue weighted by Gasteiger charge is -2.16. The number of hydrogen-bond acceptors (Lipinski definition) is 3. The summed E-state index contributed by atoms with van der Waals surface area (Å²) in [5.41, 5.74) is 2.71. The lowest BCUT2D eigenvalue weighted by atomic mass is 10.00. The van der Waals surface area contributed by atoms with Crippen LogP contribution in [0.15, 0.2) is 18.2 Å². The van der Waals surface area contributed by atoms with E-state index in [0.717, 1.165) is 18.7 Å². The first-order valence-electron chi connectivity index (χ1n) is 6.74. The monoisotopic (exact) mass is 263 g/mol. The lowest BCUT2D eigenvalue weighted by molar-refractivity contribution is 0.138. The third-order valence-corrected chi connectivity index (χ3v) is 4.81. The first kappa shape index (κ1) is 12.4. The maximum absolute atomic E-state index is 5.90. The highest BCUT2D eigenvalue weighted by molar-refractivity contribution is 7.99. The zero-order valence-electron chi connectivity index (χ0n) is 11.2. The second-order valence-corrected chi connectivity index (χ2v) is 7.07. The van der Waals surface area contributed by atoms with Crippen LogP contribution in [0.5, 0.6) is 5.75 Å². The second-order valence-electron chi connectivity index (χ2n) is 5.92. The minimum absolute atomic E-state index is 0.0313. The highest BCUT2D eigenvalue weighted by Gasteiger charge is 2.29. The van der Waals surface area contributed by atoms with Crippen LogP contribution in [-0.2, 0) is 13.0 Å². The molecule has 1 unspecified atom stereocenters. The van der Waals surface area contributed by atoms with E-state index in [1.807, 2.05) is 0 Å². The van der Waals surface area contributed by atoms with Gasteiger partial charge < -0.3 is 10.1 Å². The van der Waals surface area contributed by atoms with Gasteiger partial charge in [-0.1, -0.05) is 12.1 Å². The van der Waals surface area contributed by atoms with Gasteiger partial charge in [0.15, 0.2) is 0 Å². The Bertz CT molecular complexity index is 438. The Kier molecular flexibility index (Phi) is 3.29. The van der Waals surface area contributed by atoms with Crippen molar-refractivity contribution in [1.82, 2.24) is 5.32 Å². The van der Waals surface area contributed by atoms with Gasteiger partial charge in [-0.2, -0.15) is 11.8 Å². The summed E-state index contributed by atoms with van der Waals surface area (Å²) in [4.78, 5) is 0. The minimum atomic E-state index is -0.0313. The van der Waals surface area contributed by atoms with Gasteiger partial charge in [0, 0.05) is 24.8 Å². The number of nitrogens with one attached hydrogen (secondary N) is 1. The van der Waals surface area contributed by atoms with Crippen LogP contribution in [0.2, 0.25) is 0 Å². The van der Waals surface area contributed by atoms with Crippen molar-refractivity contribution in [2.45, 2.75) is 44.9 Å². The summed E-state index contributed by atoms with van der Waals surface area (Å²) in [6.45, 7) is 5.29. The fraction of sp³-hybridized carbons (Fsp3) is 0.600. The Hall–Kier alpha value is -0.670. The van der Waals surface area contributed by atoms with E-state index in [4.69, 9.17) is 4.74 Å². The van der Waals surface area contributed by atoms with E-state index < -0.39 is 0 Å². The van der Waals surface area contributed by atoms with E-state index in [9.17, 15) is 0 Å². The largest absolute Gasteiger partial charge is 0.487 e. The quantitative estimate of drug-likeness (QED) is 0.906. The highest BCUT2D eigenvalue weighted by Crippen LogP contribution is 2.35. The standard InChI is InChI=1S/C15H21NOS/c1-15(2)8-12-7-11(3-4-14(12)17-15)9-16-13-5-6-18-10-13/h3-4,7,13,16H,5-6,8-10H2,1-2H3. The van der Waals surface area contributed by atoms with Gasteiger partial charge in [-0.25, -0.2) is 0 Å². The van der Waals surface area contributed by atoms with Crippen LogP contribution in [0.3, 0.4) is 0 Å². The Morgan fingerprint density at radius 3 is 3.11 bits per heavy atom. The molecular formula is C15H21NOS. The van der Waals surface area contributed by atoms with Crippen molar-refractivity contribution in [2.75, 3.05) is 11.5 Å². The van der Waals surface area contributed by atoms with Crippen LogP contribution < -0.4 is 10.1 Å². The Balaban J connectivity index is 1.64. The summed E-state index contributed by atoms with van der Waals surface area (Å²) in [5.74, 6) is 3.64. The van der Waals surface area contributed by atoms with Crippen LogP contribution in [0, 0.1) is 0 Å². The van der Waals surface area contributed by atoms with Crippen LogP contribution in [0.4, 0.5) is 0 Å². The maximum Gasteiger partial charge on any atom is 0.123 e. The molecule has 2 heterocycles. The number of ether oxygens (including phenoxy) is 1. The molecule has 3 heteroatoms. The molecule has 1 fully saturated rings. The molecule has 0 aliphatic carbocycles. The fourth-order valence-electron chi connectivity index (χ4n) is 2.73. The third-order valence-electron chi connectivity index (χ3n) is 3.65. The Morgan fingerprint density at radius 1 is 1.44 bits per heavy atom. The molecule has 2 aliphatic rings. The molecule has 2 nitrogen and oxygen atoms in total. The smallest absolute Gasteiger partial charge is 0.123 e. The molecule has 0 saturated carbocycles. The zero-order valence-corrected chi connectivity index (χ0v) is 12.0. The normalized spacial score (nSPS) is 24.9. The first-order chi connectivity index (χ1) is 8.62. The second kappa shape index (κ2) is 4.78. The van der Waals surface area contributed by atoms with E-state index in [1.54, 1.807) is 0 Å². The van der Waals surface area contributed by atoms with Gasteiger partial charge in [0.2, 0.25) is 0 Å². The van der Waals surface area contributed by atoms with E-state index in [-0.39, 0.29) is 5.60 Å². The molecule has 1 aromatic carbocycles. The van der Waals surface area contributed by atoms with Crippen molar-refractivity contribution in [1.29, 1.82) is 0 Å². The molecular weight excluding hydrogens is 242 g/mol. The van der Waals surface area contributed by atoms with Gasteiger partial charge >= 0.3 is 0 Å². The summed E-state index contributed by atoms with van der Waals surface area (Å²) in [6.07, 6.45) is 2.33. The molecule has 3 rings (SSSR count). The minimum Gasteiger partial charge on any atom is -0.487 e. The fourth-order valence-corrected chi connectivity index (χ4v) is 3.92. The molecule has 0 spiro atoms. The van der Waals surface area contributed by atoms with E-state index in [1.165, 1.54) is 29.1 Å². The number of fused-ring (bicyclic) bond motifs is 1. The van der Waals surface area contributed by atoms with Crippen molar-refractivity contribution in [3.63, 3.8) is 0 Å². The van der Waals surface area contributed by atoms with Gasteiger partial charge in [-0.3, -0.25) is 0 Å². The van der Waals surface area contributed by atoms with E-state index in [2.05, 4.69) is 49.1 Å². The van der Waals surface area contributed by atoms with Crippen molar-refractivity contribution in [2.24, 2.45) is 0 Å². The summed E-state index contributed by atoms with van der Waals surface area (Å²) in [5, 5.41) is 3.65. The summed E-state index contributed by atoms with van der Waals surface area (Å²) < 4.78 is 5.90. The van der Waals surface area contributed by atoms with Crippen LogP contribution in [0.1, 0.15) is 31.4 Å². The molecule has 0 radical (unpaired) electrons. The molecule has 0 amide bonds. The molecule has 18 heavy (non-hydrogen) atoms. The first-order valence-corrected chi connectivity index (χ1v) is 7.90. The average molecular weight is 263 g/mol. The molecule has 1 N–H and O–H groups in total. The van der Waals surface area contributed by atoms with E-state index in [0.29, 0.717) is 6.04 Å². The van der Waals surface area contributed by atoms with Crippen molar-refractivity contribution < 1.29 is 4.74 Å². The lowest BCUT2D eigenvalue weighted by Crippen LogP contribution is -2.27. The number of hydrogen-bond donors (Lipinski definition) is 1. The molecule has 0 aromatic heterocycles. The highest BCUT2D eigenvalue weighted by atomic mass is 32.2. The summed E-state index contributed by atoms with van der Waals surface area (Å²) in [7, 11) is 0. The number of benzene rings is 1. The average Bonchev–Trinajstić information content (AvgIpc) is 2.90. The van der Waals surface area contributed by atoms with Crippen molar-refractivity contribution in [3.05, 3.63) is 29.3 Å². The SMILES string of the molecule is CC1(C)Cc2cc(CNC3CCSC3)ccc2O1. The Morgan fingerprint density at radius 2 is 2.33 bits per heavy atom. The molecule has 0 bridgehead atoms.